The Morgan fingerprint density at radius 2 is 2.17 bits per heavy atom. The minimum atomic E-state index is -0.897. The zero-order chi connectivity index (χ0) is 15.7. The normalized spacial score (nSPS) is 20.1. The average molecular weight is 360 g/mol. The summed E-state index contributed by atoms with van der Waals surface area (Å²) >= 11 is 6.09. The van der Waals surface area contributed by atoms with Crippen molar-refractivity contribution in [3.8, 4) is 11.6 Å². The second-order valence-electron chi connectivity index (χ2n) is 4.95. The third kappa shape index (κ3) is 3.74. The molecule has 2 heterocycles. The van der Waals surface area contributed by atoms with E-state index in [4.69, 9.17) is 26.2 Å². The molecule has 1 aliphatic rings. The van der Waals surface area contributed by atoms with Crippen molar-refractivity contribution >= 4 is 41.0 Å². The summed E-state index contributed by atoms with van der Waals surface area (Å²) in [4.78, 5) is 19.5. The number of nitrogens with one attached hydrogen (secondary N) is 1. The van der Waals surface area contributed by atoms with E-state index in [9.17, 15) is 4.79 Å². The lowest BCUT2D eigenvalue weighted by atomic mass is 10.2. The Morgan fingerprint density at radius 1 is 1.39 bits per heavy atom. The molecular formula is C14H15Cl2N3O4. The summed E-state index contributed by atoms with van der Waals surface area (Å²) in [7, 11) is 1.57. The third-order valence-electron chi connectivity index (χ3n) is 3.47. The number of ether oxygens (including phenoxy) is 2. The number of rotatable bonds is 4. The number of aromatic nitrogens is 2. The van der Waals surface area contributed by atoms with Crippen LogP contribution in [0.4, 0.5) is 0 Å². The average Bonchev–Trinajstić information content (AvgIpc) is 2.96. The molecule has 124 valence electrons. The lowest BCUT2D eigenvalue weighted by molar-refractivity contribution is -0.139. The minimum Gasteiger partial charge on any atom is -0.497 e. The predicted octanol–water partition coefficient (Wildman–Crippen LogP) is 1.91. The van der Waals surface area contributed by atoms with Crippen molar-refractivity contribution in [3.63, 3.8) is 0 Å². The highest BCUT2D eigenvalue weighted by Gasteiger charge is 2.31. The summed E-state index contributed by atoms with van der Waals surface area (Å²) < 4.78 is 10.8. The van der Waals surface area contributed by atoms with E-state index < -0.39 is 12.0 Å². The van der Waals surface area contributed by atoms with Crippen LogP contribution in [0.15, 0.2) is 18.2 Å². The molecule has 23 heavy (non-hydrogen) atoms. The number of carbonyl (C=O) groups is 1. The van der Waals surface area contributed by atoms with Gasteiger partial charge in [-0.1, -0.05) is 11.6 Å². The van der Waals surface area contributed by atoms with E-state index in [1.54, 1.807) is 25.3 Å². The lowest BCUT2D eigenvalue weighted by Crippen LogP contribution is -2.30. The molecule has 0 amide bonds. The first kappa shape index (κ1) is 17.5. The number of nitrogens with zero attached hydrogens (tertiary/aromatic N) is 2. The molecule has 3 rings (SSSR count). The summed E-state index contributed by atoms with van der Waals surface area (Å²) in [5.41, 5.74) is 1.23. The van der Waals surface area contributed by atoms with Crippen LogP contribution in [0.5, 0.6) is 11.6 Å². The fraction of sp³-hybridized carbons (Fsp3) is 0.357. The molecule has 2 N–H and O–H groups in total. The van der Waals surface area contributed by atoms with Crippen LogP contribution in [0.3, 0.4) is 0 Å². The Hall–Kier alpha value is -1.83. The van der Waals surface area contributed by atoms with Crippen LogP contribution in [0, 0.1) is 0 Å². The number of fused-ring (bicyclic) bond motifs is 1. The van der Waals surface area contributed by atoms with Gasteiger partial charge in [0.15, 0.2) is 5.15 Å². The molecule has 1 aromatic carbocycles. The SMILES string of the molecule is COc1ccc2nc(Cl)c(O[C@H]3CN[C@H](C(=O)O)C3)nc2c1.Cl. The van der Waals surface area contributed by atoms with Crippen molar-refractivity contribution in [2.75, 3.05) is 13.7 Å². The highest BCUT2D eigenvalue weighted by atomic mass is 35.5. The summed E-state index contributed by atoms with van der Waals surface area (Å²) in [6, 6.07) is 4.65. The number of methoxy groups -OCH3 is 1. The maximum absolute atomic E-state index is 10.9. The molecule has 2 aromatic rings. The molecule has 1 aromatic heterocycles. The van der Waals surface area contributed by atoms with Crippen molar-refractivity contribution in [3.05, 3.63) is 23.4 Å². The van der Waals surface area contributed by atoms with Crippen LogP contribution in [0.1, 0.15) is 6.42 Å². The van der Waals surface area contributed by atoms with Crippen molar-refractivity contribution in [2.24, 2.45) is 0 Å². The zero-order valence-electron chi connectivity index (χ0n) is 12.2. The first-order chi connectivity index (χ1) is 10.6. The molecule has 7 nitrogen and oxygen atoms in total. The number of halogens is 2. The molecule has 1 aliphatic heterocycles. The van der Waals surface area contributed by atoms with Gasteiger partial charge in [0.05, 0.1) is 18.1 Å². The van der Waals surface area contributed by atoms with Crippen LogP contribution < -0.4 is 14.8 Å². The standard InChI is InChI=1S/C14H14ClN3O4.ClH/c1-21-7-2-3-9-10(4-7)18-13(12(15)17-9)22-8-5-11(14(19)20)16-6-8;/h2-4,8,11,16H,5-6H2,1H3,(H,19,20);1H/t8-,11+;/m1./s1. The zero-order valence-corrected chi connectivity index (χ0v) is 13.7. The van der Waals surface area contributed by atoms with Crippen molar-refractivity contribution in [2.45, 2.75) is 18.6 Å². The largest absolute Gasteiger partial charge is 0.497 e. The second-order valence-corrected chi connectivity index (χ2v) is 5.31. The maximum atomic E-state index is 10.9. The van der Waals surface area contributed by atoms with Crippen LogP contribution in [0.25, 0.3) is 11.0 Å². The van der Waals surface area contributed by atoms with E-state index in [-0.39, 0.29) is 29.5 Å². The number of carboxylic acid groups (broad SMARTS) is 1. The number of benzene rings is 1. The van der Waals surface area contributed by atoms with Gasteiger partial charge in [0.2, 0.25) is 0 Å². The van der Waals surface area contributed by atoms with Gasteiger partial charge >= 0.3 is 5.97 Å². The fourth-order valence-corrected chi connectivity index (χ4v) is 2.52. The van der Waals surface area contributed by atoms with Gasteiger partial charge in [-0.05, 0) is 12.1 Å². The van der Waals surface area contributed by atoms with Gasteiger partial charge in [-0.3, -0.25) is 4.79 Å². The molecular weight excluding hydrogens is 345 g/mol. The van der Waals surface area contributed by atoms with E-state index in [0.29, 0.717) is 29.7 Å². The number of hydrogen-bond acceptors (Lipinski definition) is 6. The Balaban J connectivity index is 0.00000192. The maximum Gasteiger partial charge on any atom is 0.320 e. The molecule has 0 saturated carbocycles. The van der Waals surface area contributed by atoms with E-state index in [1.807, 2.05) is 0 Å². The Bertz CT molecular complexity index is 728. The smallest absolute Gasteiger partial charge is 0.320 e. The van der Waals surface area contributed by atoms with E-state index in [1.165, 1.54) is 0 Å². The second kappa shape index (κ2) is 7.16. The van der Waals surface area contributed by atoms with Crippen LogP contribution in [0.2, 0.25) is 5.15 Å². The molecule has 1 saturated heterocycles. The van der Waals surface area contributed by atoms with Crippen molar-refractivity contribution in [1.29, 1.82) is 0 Å². The van der Waals surface area contributed by atoms with Gasteiger partial charge < -0.3 is 19.9 Å². The van der Waals surface area contributed by atoms with Gasteiger partial charge in [-0.25, -0.2) is 9.97 Å². The van der Waals surface area contributed by atoms with Crippen molar-refractivity contribution < 1.29 is 19.4 Å². The summed E-state index contributed by atoms with van der Waals surface area (Å²) in [5.74, 6) is -0.0460. The number of hydrogen-bond donors (Lipinski definition) is 2. The quantitative estimate of drug-likeness (QED) is 0.860. The van der Waals surface area contributed by atoms with E-state index in [0.717, 1.165) is 0 Å². The molecule has 1 fully saturated rings. The topological polar surface area (TPSA) is 93.6 Å². The van der Waals surface area contributed by atoms with Gasteiger partial charge in [-0.2, -0.15) is 0 Å². The van der Waals surface area contributed by atoms with E-state index in [2.05, 4.69) is 15.3 Å². The molecule has 0 spiro atoms. The Kier molecular flexibility index (Phi) is 5.46. The van der Waals surface area contributed by atoms with Crippen LogP contribution in [-0.4, -0.2) is 46.8 Å². The van der Waals surface area contributed by atoms with Gasteiger partial charge in [0, 0.05) is 19.0 Å². The summed E-state index contributed by atoms with van der Waals surface area (Å²) in [5, 5.41) is 12.0. The number of carboxylic acids is 1. The lowest BCUT2D eigenvalue weighted by Gasteiger charge is -2.13. The van der Waals surface area contributed by atoms with Gasteiger partial charge in [-0.15, -0.1) is 12.4 Å². The monoisotopic (exact) mass is 359 g/mol. The predicted molar refractivity (Wildman–Crippen MR) is 86.8 cm³/mol. The third-order valence-corrected chi connectivity index (χ3v) is 3.71. The first-order valence-electron chi connectivity index (χ1n) is 6.71. The van der Waals surface area contributed by atoms with Crippen molar-refractivity contribution in [1.82, 2.24) is 15.3 Å². The molecule has 0 aliphatic carbocycles. The van der Waals surface area contributed by atoms with E-state index >= 15 is 0 Å². The highest BCUT2D eigenvalue weighted by molar-refractivity contribution is 6.31. The Labute approximate surface area is 143 Å². The highest BCUT2D eigenvalue weighted by Crippen LogP contribution is 2.27. The molecule has 0 unspecified atom stereocenters. The minimum absolute atomic E-state index is 0. The molecule has 2 atom stereocenters. The van der Waals surface area contributed by atoms with Crippen LogP contribution in [-0.2, 0) is 4.79 Å². The fourth-order valence-electron chi connectivity index (χ4n) is 2.34. The van der Waals surface area contributed by atoms with Gasteiger partial charge in [0.25, 0.3) is 5.88 Å². The molecule has 0 bridgehead atoms. The number of aliphatic carboxylic acids is 1. The Morgan fingerprint density at radius 3 is 2.83 bits per heavy atom. The molecule has 9 heteroatoms. The van der Waals surface area contributed by atoms with Gasteiger partial charge in [0.1, 0.15) is 17.9 Å². The summed E-state index contributed by atoms with van der Waals surface area (Å²) in [6.45, 7) is 0.422. The molecule has 0 radical (unpaired) electrons. The van der Waals surface area contributed by atoms with Crippen LogP contribution >= 0.6 is 24.0 Å². The first-order valence-corrected chi connectivity index (χ1v) is 7.08. The summed E-state index contributed by atoms with van der Waals surface area (Å²) in [6.07, 6.45) is 0.0414.